The van der Waals surface area contributed by atoms with Gasteiger partial charge in [0, 0.05) is 18.0 Å². The number of aryl methyl sites for hydroxylation is 1. The first-order chi connectivity index (χ1) is 8.68. The second-order valence-corrected chi connectivity index (χ2v) is 6.97. The van der Waals surface area contributed by atoms with Crippen molar-refractivity contribution in [3.05, 3.63) is 11.8 Å². The van der Waals surface area contributed by atoms with Crippen LogP contribution < -0.4 is 5.73 Å². The van der Waals surface area contributed by atoms with Gasteiger partial charge in [-0.1, -0.05) is 0 Å². The van der Waals surface area contributed by atoms with Crippen LogP contribution in [-0.2, 0) is 12.0 Å². The maximum atomic E-state index is 6.07. The molecule has 2 N–H and O–H groups in total. The van der Waals surface area contributed by atoms with E-state index in [2.05, 4.69) is 13.0 Å². The highest BCUT2D eigenvalue weighted by Crippen LogP contribution is 2.60. The minimum Gasteiger partial charge on any atom is -0.384 e. The Morgan fingerprint density at radius 2 is 1.78 bits per heavy atom. The highest BCUT2D eigenvalue weighted by molar-refractivity contribution is 5.36. The minimum atomic E-state index is 0.392. The first kappa shape index (κ1) is 10.9. The zero-order valence-electron chi connectivity index (χ0n) is 11.2. The van der Waals surface area contributed by atoms with Crippen LogP contribution >= 0.6 is 0 Å². The lowest BCUT2D eigenvalue weighted by Crippen LogP contribution is -2.48. The second kappa shape index (κ2) is 3.52. The monoisotopic (exact) mass is 245 g/mol. The summed E-state index contributed by atoms with van der Waals surface area (Å²) in [5.41, 5.74) is 7.77. The number of nitrogens with zero attached hydrogens (tertiary/aromatic N) is 2. The van der Waals surface area contributed by atoms with Gasteiger partial charge < -0.3 is 5.73 Å². The number of aromatic nitrogens is 2. The van der Waals surface area contributed by atoms with Gasteiger partial charge in [-0.3, -0.25) is 4.68 Å². The minimum absolute atomic E-state index is 0.392. The van der Waals surface area contributed by atoms with Crippen molar-refractivity contribution in [1.29, 1.82) is 0 Å². The molecule has 4 saturated carbocycles. The number of hydrogen-bond acceptors (Lipinski definition) is 2. The Bertz CT molecular complexity index is 439. The van der Waals surface area contributed by atoms with Gasteiger partial charge in [0.15, 0.2) is 0 Å². The number of nitrogen functional groups attached to an aromatic ring is 1. The van der Waals surface area contributed by atoms with E-state index in [0.29, 0.717) is 5.41 Å². The molecule has 3 heteroatoms. The standard InChI is InChI=1S/C15H23N3/c1-2-18-14(16)6-13(17-18)15-7-10-3-11(8-15)5-12(4-10)9-15/h6,10-12H,2-5,7-9,16H2,1H3. The van der Waals surface area contributed by atoms with Crippen LogP contribution in [0.15, 0.2) is 6.07 Å². The Kier molecular flexibility index (Phi) is 2.13. The number of rotatable bonds is 2. The lowest BCUT2D eigenvalue weighted by atomic mass is 9.49. The van der Waals surface area contributed by atoms with Crippen molar-refractivity contribution < 1.29 is 0 Å². The molecule has 1 aromatic heterocycles. The fraction of sp³-hybridized carbons (Fsp3) is 0.800. The Morgan fingerprint density at radius 3 is 2.22 bits per heavy atom. The van der Waals surface area contributed by atoms with E-state index in [0.717, 1.165) is 30.1 Å². The lowest BCUT2D eigenvalue weighted by molar-refractivity contribution is -0.00746. The summed E-state index contributed by atoms with van der Waals surface area (Å²) in [5, 5.41) is 4.81. The summed E-state index contributed by atoms with van der Waals surface area (Å²) in [6.07, 6.45) is 8.59. The molecule has 4 aliphatic carbocycles. The second-order valence-electron chi connectivity index (χ2n) is 6.97. The molecule has 0 saturated heterocycles. The molecule has 18 heavy (non-hydrogen) atoms. The summed E-state index contributed by atoms with van der Waals surface area (Å²) in [4.78, 5) is 0. The number of nitrogens with two attached hydrogens (primary N) is 1. The van der Waals surface area contributed by atoms with Gasteiger partial charge in [0.2, 0.25) is 0 Å². The van der Waals surface area contributed by atoms with Gasteiger partial charge in [0.1, 0.15) is 5.82 Å². The van der Waals surface area contributed by atoms with Crippen molar-refractivity contribution in [3.8, 4) is 0 Å². The Morgan fingerprint density at radius 1 is 1.22 bits per heavy atom. The van der Waals surface area contributed by atoms with Crippen LogP contribution in [0.1, 0.15) is 51.1 Å². The molecular weight excluding hydrogens is 222 g/mol. The van der Waals surface area contributed by atoms with Crippen LogP contribution in [0.5, 0.6) is 0 Å². The quantitative estimate of drug-likeness (QED) is 0.870. The van der Waals surface area contributed by atoms with Gasteiger partial charge >= 0.3 is 0 Å². The largest absolute Gasteiger partial charge is 0.384 e. The van der Waals surface area contributed by atoms with E-state index < -0.39 is 0 Å². The molecule has 98 valence electrons. The third kappa shape index (κ3) is 1.39. The van der Waals surface area contributed by atoms with Crippen molar-refractivity contribution in [2.75, 3.05) is 5.73 Å². The molecule has 0 unspecified atom stereocenters. The van der Waals surface area contributed by atoms with E-state index in [4.69, 9.17) is 10.8 Å². The van der Waals surface area contributed by atoms with Crippen molar-refractivity contribution in [1.82, 2.24) is 9.78 Å². The molecule has 0 spiro atoms. The molecule has 4 bridgehead atoms. The van der Waals surface area contributed by atoms with Crippen LogP contribution in [0.4, 0.5) is 5.82 Å². The Balaban J connectivity index is 1.74. The smallest absolute Gasteiger partial charge is 0.121 e. The van der Waals surface area contributed by atoms with Gasteiger partial charge in [-0.15, -0.1) is 0 Å². The van der Waals surface area contributed by atoms with Gasteiger partial charge in [0.05, 0.1) is 5.69 Å². The van der Waals surface area contributed by atoms with Crippen LogP contribution in [0, 0.1) is 17.8 Å². The molecule has 4 fully saturated rings. The van der Waals surface area contributed by atoms with Crippen molar-refractivity contribution in [3.63, 3.8) is 0 Å². The molecule has 5 rings (SSSR count). The molecule has 0 aromatic carbocycles. The molecule has 0 aliphatic heterocycles. The molecule has 1 heterocycles. The SMILES string of the molecule is CCn1nc(C23CC4CC(CC(C4)C2)C3)cc1N. The highest BCUT2D eigenvalue weighted by Gasteiger charge is 2.52. The summed E-state index contributed by atoms with van der Waals surface area (Å²) >= 11 is 0. The summed E-state index contributed by atoms with van der Waals surface area (Å²) in [7, 11) is 0. The number of hydrogen-bond donors (Lipinski definition) is 1. The third-order valence-electron chi connectivity index (χ3n) is 5.69. The maximum absolute atomic E-state index is 6.07. The van der Waals surface area contributed by atoms with Crippen molar-refractivity contribution >= 4 is 5.82 Å². The first-order valence-corrected chi connectivity index (χ1v) is 7.52. The van der Waals surface area contributed by atoms with E-state index in [1.807, 2.05) is 4.68 Å². The van der Waals surface area contributed by atoms with Crippen LogP contribution in [-0.4, -0.2) is 9.78 Å². The predicted molar refractivity (Wildman–Crippen MR) is 72.2 cm³/mol. The molecule has 1 aromatic rings. The average molecular weight is 245 g/mol. The topological polar surface area (TPSA) is 43.8 Å². The summed E-state index contributed by atoms with van der Waals surface area (Å²) in [6.45, 7) is 3.00. The Labute approximate surface area is 109 Å². The molecule has 3 nitrogen and oxygen atoms in total. The lowest BCUT2D eigenvalue weighted by Gasteiger charge is -2.56. The maximum Gasteiger partial charge on any atom is 0.121 e. The third-order valence-corrected chi connectivity index (χ3v) is 5.69. The molecule has 0 radical (unpaired) electrons. The van der Waals surface area contributed by atoms with Gasteiger partial charge in [-0.2, -0.15) is 5.10 Å². The highest BCUT2D eigenvalue weighted by atomic mass is 15.3. The summed E-state index contributed by atoms with van der Waals surface area (Å²) in [5.74, 6) is 3.78. The fourth-order valence-electron chi connectivity index (χ4n) is 5.37. The average Bonchev–Trinajstić information content (AvgIpc) is 2.69. The normalized spacial score (nSPS) is 41.5. The van der Waals surface area contributed by atoms with E-state index in [1.165, 1.54) is 44.2 Å². The van der Waals surface area contributed by atoms with Gasteiger partial charge in [-0.25, -0.2) is 0 Å². The molecule has 0 amide bonds. The van der Waals surface area contributed by atoms with E-state index in [-0.39, 0.29) is 0 Å². The van der Waals surface area contributed by atoms with Crippen LogP contribution in [0.25, 0.3) is 0 Å². The summed E-state index contributed by atoms with van der Waals surface area (Å²) in [6, 6.07) is 2.16. The zero-order chi connectivity index (χ0) is 12.3. The summed E-state index contributed by atoms with van der Waals surface area (Å²) < 4.78 is 1.97. The fourth-order valence-corrected chi connectivity index (χ4v) is 5.37. The van der Waals surface area contributed by atoms with E-state index in [9.17, 15) is 0 Å². The Hall–Kier alpha value is -0.990. The molecule has 0 atom stereocenters. The predicted octanol–water partition coefficient (Wildman–Crippen LogP) is 2.95. The van der Waals surface area contributed by atoms with E-state index >= 15 is 0 Å². The van der Waals surface area contributed by atoms with Crippen LogP contribution in [0.3, 0.4) is 0 Å². The van der Waals surface area contributed by atoms with Gasteiger partial charge in [0.25, 0.3) is 0 Å². The van der Waals surface area contributed by atoms with Gasteiger partial charge in [-0.05, 0) is 63.2 Å². The van der Waals surface area contributed by atoms with Crippen molar-refractivity contribution in [2.24, 2.45) is 17.8 Å². The number of anilines is 1. The molecule has 4 aliphatic rings. The first-order valence-electron chi connectivity index (χ1n) is 7.52. The van der Waals surface area contributed by atoms with E-state index in [1.54, 1.807) is 0 Å². The van der Waals surface area contributed by atoms with Crippen molar-refractivity contribution in [2.45, 2.75) is 57.4 Å². The van der Waals surface area contributed by atoms with Crippen LogP contribution in [0.2, 0.25) is 0 Å². The molecular formula is C15H23N3. The zero-order valence-corrected chi connectivity index (χ0v) is 11.2.